The van der Waals surface area contributed by atoms with E-state index >= 15 is 0 Å². The number of anilines is 1. The van der Waals surface area contributed by atoms with E-state index in [9.17, 15) is 24.5 Å². The average Bonchev–Trinajstić information content (AvgIpc) is 2.89. The lowest BCUT2D eigenvalue weighted by atomic mass is 9.73. The van der Waals surface area contributed by atoms with Crippen LogP contribution in [0.15, 0.2) is 18.2 Å². The van der Waals surface area contributed by atoms with Crippen molar-refractivity contribution in [2.75, 3.05) is 11.9 Å². The zero-order valence-electron chi connectivity index (χ0n) is 16.0. The second-order valence-corrected chi connectivity index (χ2v) is 7.44. The van der Waals surface area contributed by atoms with Crippen molar-refractivity contribution in [3.8, 4) is 0 Å². The van der Waals surface area contributed by atoms with Crippen LogP contribution in [0, 0.1) is 16.0 Å². The highest BCUT2D eigenvalue weighted by Crippen LogP contribution is 2.38. The number of imide groups is 1. The summed E-state index contributed by atoms with van der Waals surface area (Å²) in [5.41, 5.74) is -0.186. The lowest BCUT2D eigenvalue weighted by molar-refractivity contribution is -0.385. The van der Waals surface area contributed by atoms with Crippen LogP contribution in [0.5, 0.6) is 0 Å². The van der Waals surface area contributed by atoms with Gasteiger partial charge in [-0.05, 0) is 31.2 Å². The van der Waals surface area contributed by atoms with E-state index in [2.05, 4.69) is 10.6 Å². The van der Waals surface area contributed by atoms with Crippen molar-refractivity contribution in [2.24, 2.45) is 5.92 Å². The molecule has 0 aromatic heterocycles. The SMILES string of the molecule is CCc1ccc(NC(=O)CN2C(=O)NC3(CCCCC3C)C2=O)cc1[N+](=O)[O-]. The second kappa shape index (κ2) is 7.57. The molecule has 4 amide bonds. The number of urea groups is 1. The number of carbonyl (C=O) groups is 3. The fourth-order valence-corrected chi connectivity index (χ4v) is 4.09. The quantitative estimate of drug-likeness (QED) is 0.456. The Labute approximate surface area is 162 Å². The number of amides is 4. The molecule has 9 heteroatoms. The Morgan fingerprint density at radius 2 is 2.14 bits per heavy atom. The molecular weight excluding hydrogens is 364 g/mol. The Morgan fingerprint density at radius 1 is 1.39 bits per heavy atom. The van der Waals surface area contributed by atoms with Crippen molar-refractivity contribution < 1.29 is 19.3 Å². The van der Waals surface area contributed by atoms with Crippen LogP contribution < -0.4 is 10.6 Å². The van der Waals surface area contributed by atoms with Gasteiger partial charge < -0.3 is 10.6 Å². The molecule has 9 nitrogen and oxygen atoms in total. The van der Waals surface area contributed by atoms with E-state index < -0.39 is 28.9 Å². The maximum absolute atomic E-state index is 12.9. The van der Waals surface area contributed by atoms with Crippen LogP contribution in [0.25, 0.3) is 0 Å². The second-order valence-electron chi connectivity index (χ2n) is 7.44. The first kappa shape index (κ1) is 19.8. The zero-order chi connectivity index (χ0) is 20.5. The number of carbonyl (C=O) groups excluding carboxylic acids is 3. The van der Waals surface area contributed by atoms with E-state index in [-0.39, 0.29) is 23.2 Å². The number of nitro benzene ring substituents is 1. The number of nitro groups is 1. The van der Waals surface area contributed by atoms with Crippen LogP contribution in [-0.4, -0.2) is 39.8 Å². The van der Waals surface area contributed by atoms with Crippen LogP contribution in [0.2, 0.25) is 0 Å². The van der Waals surface area contributed by atoms with E-state index in [1.165, 1.54) is 6.07 Å². The summed E-state index contributed by atoms with van der Waals surface area (Å²) in [5.74, 6) is -0.940. The maximum atomic E-state index is 12.9. The summed E-state index contributed by atoms with van der Waals surface area (Å²) in [7, 11) is 0. The van der Waals surface area contributed by atoms with Gasteiger partial charge in [0.05, 0.1) is 4.92 Å². The maximum Gasteiger partial charge on any atom is 0.325 e. The summed E-state index contributed by atoms with van der Waals surface area (Å²) < 4.78 is 0. The van der Waals surface area contributed by atoms with Gasteiger partial charge in [-0.2, -0.15) is 0 Å². The predicted octanol–water partition coefficient (Wildman–Crippen LogP) is 2.60. The first-order chi connectivity index (χ1) is 13.3. The number of benzene rings is 1. The van der Waals surface area contributed by atoms with Crippen molar-refractivity contribution in [1.82, 2.24) is 10.2 Å². The third kappa shape index (κ3) is 3.44. The molecule has 2 fully saturated rings. The molecule has 28 heavy (non-hydrogen) atoms. The van der Waals surface area contributed by atoms with Gasteiger partial charge in [0, 0.05) is 17.3 Å². The lowest BCUT2D eigenvalue weighted by Gasteiger charge is -2.36. The van der Waals surface area contributed by atoms with Crippen molar-refractivity contribution in [1.29, 1.82) is 0 Å². The molecule has 2 N–H and O–H groups in total. The third-order valence-electron chi connectivity index (χ3n) is 5.75. The van der Waals surface area contributed by atoms with E-state index in [0.717, 1.165) is 24.2 Å². The fraction of sp³-hybridized carbons (Fsp3) is 0.526. The molecule has 2 aliphatic rings. The Kier molecular flexibility index (Phi) is 5.35. The fourth-order valence-electron chi connectivity index (χ4n) is 4.09. The minimum Gasteiger partial charge on any atom is -0.324 e. The van der Waals surface area contributed by atoms with Gasteiger partial charge >= 0.3 is 6.03 Å². The number of nitrogens with zero attached hydrogens (tertiary/aromatic N) is 2. The van der Waals surface area contributed by atoms with Gasteiger partial charge in [0.15, 0.2) is 0 Å². The normalized spacial score (nSPS) is 24.4. The third-order valence-corrected chi connectivity index (χ3v) is 5.75. The average molecular weight is 388 g/mol. The molecule has 1 aliphatic carbocycles. The minimum atomic E-state index is -0.919. The first-order valence-corrected chi connectivity index (χ1v) is 9.49. The van der Waals surface area contributed by atoms with Crippen molar-refractivity contribution >= 4 is 29.2 Å². The van der Waals surface area contributed by atoms with E-state index in [1.54, 1.807) is 19.1 Å². The number of aryl methyl sites for hydroxylation is 1. The Balaban J connectivity index is 1.71. The molecule has 150 valence electrons. The van der Waals surface area contributed by atoms with Crippen molar-refractivity contribution in [3.05, 3.63) is 33.9 Å². The van der Waals surface area contributed by atoms with Crippen LogP contribution in [-0.2, 0) is 16.0 Å². The van der Waals surface area contributed by atoms with Crippen molar-refractivity contribution in [2.45, 2.75) is 51.5 Å². The summed E-state index contributed by atoms with van der Waals surface area (Å²) in [6.45, 7) is 3.32. The first-order valence-electron chi connectivity index (χ1n) is 9.49. The number of nitrogens with one attached hydrogen (secondary N) is 2. The van der Waals surface area contributed by atoms with Crippen LogP contribution >= 0.6 is 0 Å². The lowest BCUT2D eigenvalue weighted by Crippen LogP contribution is -2.54. The van der Waals surface area contributed by atoms with Gasteiger partial charge in [-0.25, -0.2) is 4.79 Å². The molecule has 0 radical (unpaired) electrons. The Morgan fingerprint density at radius 3 is 2.79 bits per heavy atom. The number of hydrogen-bond donors (Lipinski definition) is 2. The molecule has 1 heterocycles. The highest BCUT2D eigenvalue weighted by Gasteiger charge is 2.55. The van der Waals surface area contributed by atoms with Gasteiger partial charge in [-0.1, -0.05) is 32.8 Å². The van der Waals surface area contributed by atoms with E-state index in [4.69, 9.17) is 0 Å². The molecule has 3 rings (SSSR count). The summed E-state index contributed by atoms with van der Waals surface area (Å²) in [6, 6.07) is 3.87. The van der Waals surface area contributed by atoms with Crippen LogP contribution in [0.4, 0.5) is 16.2 Å². The molecule has 1 aliphatic heterocycles. The summed E-state index contributed by atoms with van der Waals surface area (Å²) >= 11 is 0. The van der Waals surface area contributed by atoms with Gasteiger partial charge in [0.2, 0.25) is 5.91 Å². The van der Waals surface area contributed by atoms with E-state index in [0.29, 0.717) is 18.4 Å². The Hall–Kier alpha value is -2.97. The molecule has 1 aromatic rings. The minimum absolute atomic E-state index is 0.00926. The highest BCUT2D eigenvalue weighted by atomic mass is 16.6. The number of hydrogen-bond acceptors (Lipinski definition) is 5. The standard InChI is InChI=1S/C19H24N4O5/c1-3-13-7-8-14(10-15(13)23(27)28)20-16(24)11-22-17(25)19(21-18(22)26)9-5-4-6-12(19)2/h7-8,10,12H,3-6,9,11H2,1-2H3,(H,20,24)(H,21,26). The van der Waals surface area contributed by atoms with Gasteiger partial charge in [0.25, 0.3) is 11.6 Å². The monoisotopic (exact) mass is 388 g/mol. The van der Waals surface area contributed by atoms with Gasteiger partial charge in [0.1, 0.15) is 12.1 Å². The number of rotatable bonds is 5. The summed E-state index contributed by atoms with van der Waals surface area (Å²) in [5, 5.41) is 16.5. The van der Waals surface area contributed by atoms with E-state index in [1.807, 2.05) is 6.92 Å². The van der Waals surface area contributed by atoms with Crippen LogP contribution in [0.3, 0.4) is 0 Å². The van der Waals surface area contributed by atoms with Gasteiger partial charge in [-0.15, -0.1) is 0 Å². The smallest absolute Gasteiger partial charge is 0.324 e. The topological polar surface area (TPSA) is 122 Å². The largest absolute Gasteiger partial charge is 0.325 e. The molecule has 1 spiro atoms. The zero-order valence-corrected chi connectivity index (χ0v) is 16.0. The molecule has 2 atom stereocenters. The molecule has 1 aromatic carbocycles. The summed E-state index contributed by atoms with van der Waals surface area (Å²) in [6.07, 6.45) is 3.78. The van der Waals surface area contributed by atoms with Gasteiger partial charge in [-0.3, -0.25) is 24.6 Å². The van der Waals surface area contributed by atoms with Crippen LogP contribution in [0.1, 0.15) is 45.1 Å². The summed E-state index contributed by atoms with van der Waals surface area (Å²) in [4.78, 5) is 49.2. The Bertz CT molecular complexity index is 840. The molecule has 1 saturated heterocycles. The molecular formula is C19H24N4O5. The molecule has 0 bridgehead atoms. The predicted molar refractivity (Wildman–Crippen MR) is 102 cm³/mol. The van der Waals surface area contributed by atoms with Crippen molar-refractivity contribution in [3.63, 3.8) is 0 Å². The molecule has 1 saturated carbocycles. The molecule has 2 unspecified atom stereocenters. The highest BCUT2D eigenvalue weighted by molar-refractivity contribution is 6.10.